The van der Waals surface area contributed by atoms with Crippen LogP contribution in [0.5, 0.6) is 0 Å². The van der Waals surface area contributed by atoms with E-state index in [0.717, 1.165) is 6.07 Å². The minimum absolute atomic E-state index is 0.0751. The molecule has 2 aliphatic rings. The number of carbonyl (C=O) groups excluding carboxylic acids is 2. The molecule has 1 N–H and O–H groups in total. The van der Waals surface area contributed by atoms with Gasteiger partial charge in [-0.3, -0.25) is 4.79 Å². The Hall–Kier alpha value is -2.14. The number of hydrogen-bond acceptors (Lipinski definition) is 4. The first-order valence-electron chi connectivity index (χ1n) is 7.86. The molecule has 28 heavy (non-hydrogen) atoms. The monoisotopic (exact) mass is 440 g/mol. The third kappa shape index (κ3) is 2.96. The van der Waals surface area contributed by atoms with Gasteiger partial charge in [0.25, 0.3) is 12.3 Å². The molecular weight excluding hydrogens is 431 g/mol. The van der Waals surface area contributed by atoms with Crippen LogP contribution in [0.15, 0.2) is 12.1 Å². The average molecular weight is 441 g/mol. The number of amides is 2. The average Bonchev–Trinajstić information content (AvgIpc) is 3.12. The molecule has 0 radical (unpaired) electrons. The summed E-state index contributed by atoms with van der Waals surface area (Å²) in [5.41, 5.74) is -2.82. The predicted octanol–water partition coefficient (Wildman–Crippen LogP) is 4.45. The van der Waals surface area contributed by atoms with Crippen LogP contribution in [0.2, 0.25) is 5.02 Å². The molecule has 1 aromatic heterocycles. The first kappa shape index (κ1) is 19.2. The lowest BCUT2D eigenvalue weighted by atomic mass is 9.91. The first-order valence-corrected chi connectivity index (χ1v) is 9.06. The van der Waals surface area contributed by atoms with Crippen molar-refractivity contribution < 1.29 is 36.3 Å². The van der Waals surface area contributed by atoms with Gasteiger partial charge in [0.2, 0.25) is 0 Å². The van der Waals surface area contributed by atoms with Crippen LogP contribution in [0.25, 0.3) is 10.1 Å². The topological polar surface area (TPSA) is 58.6 Å². The fourth-order valence-corrected chi connectivity index (χ4v) is 4.93. The molecule has 0 atom stereocenters. The Morgan fingerprint density at radius 3 is 2.54 bits per heavy atom. The zero-order chi connectivity index (χ0) is 20.4. The third-order valence-electron chi connectivity index (χ3n) is 4.63. The largest absolute Gasteiger partial charge is 0.447 e. The van der Waals surface area contributed by atoms with Gasteiger partial charge in [-0.2, -0.15) is 13.2 Å². The number of nitrogens with one attached hydrogen (secondary N) is 1. The van der Waals surface area contributed by atoms with Crippen molar-refractivity contribution in [1.82, 2.24) is 10.2 Å². The van der Waals surface area contributed by atoms with E-state index in [1.54, 1.807) is 0 Å². The predicted molar refractivity (Wildman–Crippen MR) is 89.9 cm³/mol. The maximum Gasteiger partial charge on any atom is 0.417 e. The lowest BCUT2D eigenvalue weighted by Crippen LogP contribution is -2.69. The van der Waals surface area contributed by atoms with E-state index in [1.807, 2.05) is 0 Å². The van der Waals surface area contributed by atoms with Crippen LogP contribution in [0, 0.1) is 0 Å². The van der Waals surface area contributed by atoms with E-state index in [9.17, 15) is 31.5 Å². The van der Waals surface area contributed by atoms with Gasteiger partial charge in [0, 0.05) is 28.7 Å². The van der Waals surface area contributed by atoms with Crippen molar-refractivity contribution in [3.8, 4) is 0 Å². The number of fused-ring (bicyclic) bond motifs is 1. The zero-order valence-corrected chi connectivity index (χ0v) is 15.3. The van der Waals surface area contributed by atoms with Crippen LogP contribution in [0.4, 0.5) is 26.7 Å². The number of likely N-dealkylation sites (tertiary alicyclic amines) is 1. The van der Waals surface area contributed by atoms with Crippen molar-refractivity contribution in [3.05, 3.63) is 33.2 Å². The second-order valence-electron chi connectivity index (χ2n) is 6.63. The molecule has 0 aliphatic carbocycles. The van der Waals surface area contributed by atoms with Crippen molar-refractivity contribution in [1.29, 1.82) is 0 Å². The number of halogens is 6. The van der Waals surface area contributed by atoms with Crippen molar-refractivity contribution in [2.24, 2.45) is 0 Å². The highest BCUT2D eigenvalue weighted by Gasteiger charge is 2.51. The van der Waals surface area contributed by atoms with E-state index >= 15 is 0 Å². The summed E-state index contributed by atoms with van der Waals surface area (Å²) in [6.07, 6.45) is -8.63. The van der Waals surface area contributed by atoms with Gasteiger partial charge in [-0.05, 0) is 12.1 Å². The van der Waals surface area contributed by atoms with Crippen molar-refractivity contribution in [2.75, 3.05) is 19.7 Å². The summed E-state index contributed by atoms with van der Waals surface area (Å²) in [5.74, 6) is -0.635. The second kappa shape index (κ2) is 6.18. The molecule has 2 amide bonds. The van der Waals surface area contributed by atoms with Gasteiger partial charge in [-0.25, -0.2) is 13.6 Å². The van der Waals surface area contributed by atoms with E-state index in [1.165, 1.54) is 4.90 Å². The van der Waals surface area contributed by atoms with E-state index in [4.69, 9.17) is 16.3 Å². The molecule has 2 aliphatic heterocycles. The number of benzene rings is 1. The maximum absolute atomic E-state index is 13.4. The minimum Gasteiger partial charge on any atom is -0.447 e. The molecule has 4 rings (SSSR count). The summed E-state index contributed by atoms with van der Waals surface area (Å²) < 4.78 is 70.8. The summed E-state index contributed by atoms with van der Waals surface area (Å²) in [6.45, 7) is 0.291. The van der Waals surface area contributed by atoms with E-state index < -0.39 is 51.7 Å². The number of cyclic esters (lactones) is 1. The molecule has 1 spiro atoms. The van der Waals surface area contributed by atoms with Gasteiger partial charge in [-0.15, -0.1) is 11.3 Å². The highest BCUT2D eigenvalue weighted by Crippen LogP contribution is 2.46. The van der Waals surface area contributed by atoms with E-state index in [0.29, 0.717) is 17.4 Å². The summed E-state index contributed by atoms with van der Waals surface area (Å²) in [7, 11) is 0. The highest BCUT2D eigenvalue weighted by molar-refractivity contribution is 7.21. The van der Waals surface area contributed by atoms with Gasteiger partial charge >= 0.3 is 12.3 Å². The molecule has 5 nitrogen and oxygen atoms in total. The molecule has 0 saturated carbocycles. The Morgan fingerprint density at radius 2 is 2.00 bits per heavy atom. The minimum atomic E-state index is -4.92. The Morgan fingerprint density at radius 1 is 1.32 bits per heavy atom. The second-order valence-corrected chi connectivity index (χ2v) is 8.06. The lowest BCUT2D eigenvalue weighted by Gasteiger charge is -2.45. The molecule has 0 bridgehead atoms. The fraction of sp³-hybridized carbons (Fsp3) is 0.375. The normalized spacial score (nSPS) is 18.5. The van der Waals surface area contributed by atoms with Gasteiger partial charge in [0.05, 0.1) is 10.6 Å². The van der Waals surface area contributed by atoms with Crippen LogP contribution in [0.1, 0.15) is 27.2 Å². The number of hydrogen-bond donors (Lipinski definition) is 1. The number of alkyl carbamates (subject to hydrolysis) is 1. The van der Waals surface area contributed by atoms with E-state index in [2.05, 4.69) is 5.32 Å². The van der Waals surface area contributed by atoms with Crippen molar-refractivity contribution >= 4 is 45.0 Å². The summed E-state index contributed by atoms with van der Waals surface area (Å²) in [4.78, 5) is 25.0. The van der Waals surface area contributed by atoms with Crippen LogP contribution < -0.4 is 5.32 Å². The number of carbonyl (C=O) groups is 2. The first-order chi connectivity index (χ1) is 13.0. The van der Waals surface area contributed by atoms with Crippen LogP contribution >= 0.6 is 22.9 Å². The molecular formula is C16H10ClF5N2O3S. The maximum atomic E-state index is 13.4. The number of rotatable bonds is 2. The number of alkyl halides is 5. The van der Waals surface area contributed by atoms with Crippen LogP contribution in [0.3, 0.4) is 0 Å². The molecule has 150 valence electrons. The van der Waals surface area contributed by atoms with Gasteiger partial charge < -0.3 is 15.0 Å². The third-order valence-corrected chi connectivity index (χ3v) is 6.24. The Balaban J connectivity index is 1.72. The number of nitrogens with zero attached hydrogens (tertiary/aromatic N) is 1. The molecule has 2 aromatic rings. The fourth-order valence-electron chi connectivity index (χ4n) is 3.33. The molecule has 2 fully saturated rings. The lowest BCUT2D eigenvalue weighted by molar-refractivity contribution is -0.136. The zero-order valence-electron chi connectivity index (χ0n) is 13.7. The highest BCUT2D eigenvalue weighted by atomic mass is 35.5. The van der Waals surface area contributed by atoms with Gasteiger partial charge in [0.1, 0.15) is 17.0 Å². The molecule has 3 heterocycles. The molecule has 1 aromatic carbocycles. The Bertz CT molecular complexity index is 1000. The molecule has 0 unspecified atom stereocenters. The summed E-state index contributed by atoms with van der Waals surface area (Å²) in [6, 6.07) is 1.26. The number of thiophene rings is 1. The smallest absolute Gasteiger partial charge is 0.417 e. The summed E-state index contributed by atoms with van der Waals surface area (Å²) >= 11 is 6.70. The Labute approximate surface area is 163 Å². The number of ether oxygens (including phenoxy) is 1. The van der Waals surface area contributed by atoms with Crippen molar-refractivity contribution in [2.45, 2.75) is 18.1 Å². The Kier molecular flexibility index (Phi) is 4.23. The quantitative estimate of drug-likeness (QED) is 0.702. The SMILES string of the molecule is O=C1NC2(CO1)CN(C(=O)c1sc3cc(C(F)F)cc(C(F)(F)F)c3c1Cl)C2. The summed E-state index contributed by atoms with van der Waals surface area (Å²) in [5, 5.41) is 1.68. The van der Waals surface area contributed by atoms with Gasteiger partial charge in [-0.1, -0.05) is 11.6 Å². The molecule has 12 heteroatoms. The van der Waals surface area contributed by atoms with E-state index in [-0.39, 0.29) is 29.3 Å². The molecule has 2 saturated heterocycles. The van der Waals surface area contributed by atoms with Crippen molar-refractivity contribution in [3.63, 3.8) is 0 Å². The standard InChI is InChI=1S/C16H10ClF5N2O3S/c17-10-9-7(16(20,21)22)1-6(12(18)19)2-8(9)28-11(10)13(25)24-3-15(4-24)5-27-14(26)23-15/h1-2,12H,3-5H2,(H,23,26). The van der Waals surface area contributed by atoms with Crippen LogP contribution in [-0.2, 0) is 10.9 Å². The van der Waals surface area contributed by atoms with Gasteiger partial charge in [0.15, 0.2) is 0 Å². The van der Waals surface area contributed by atoms with Crippen LogP contribution in [-0.4, -0.2) is 42.1 Å².